The van der Waals surface area contributed by atoms with Crippen molar-refractivity contribution < 1.29 is 0 Å². The number of aromatic nitrogens is 2. The summed E-state index contributed by atoms with van der Waals surface area (Å²) in [7, 11) is 4.02. The minimum Gasteiger partial charge on any atom is -0.312 e. The summed E-state index contributed by atoms with van der Waals surface area (Å²) >= 11 is 0. The Hall–Kier alpha value is -0.830. The summed E-state index contributed by atoms with van der Waals surface area (Å²) in [4.78, 5) is 0. The maximum Gasteiger partial charge on any atom is 0.0644 e. The number of rotatable bonds is 2. The van der Waals surface area contributed by atoms with Crippen LogP contribution in [0.5, 0.6) is 0 Å². The Labute approximate surface area is 92.9 Å². The Balaban J connectivity index is 3.24. The summed E-state index contributed by atoms with van der Waals surface area (Å²) in [6.07, 6.45) is 0. The Kier molecular flexibility index (Phi) is 3.24. The predicted molar refractivity (Wildman–Crippen MR) is 63.9 cm³/mol. The van der Waals surface area contributed by atoms with Crippen LogP contribution < -0.4 is 5.32 Å². The predicted octanol–water partition coefficient (Wildman–Crippen LogP) is 2.34. The summed E-state index contributed by atoms with van der Waals surface area (Å²) in [5.41, 5.74) is 3.92. The molecule has 0 aliphatic rings. The highest BCUT2D eigenvalue weighted by atomic mass is 15.3. The lowest BCUT2D eigenvalue weighted by molar-refractivity contribution is 0.285. The largest absolute Gasteiger partial charge is 0.312 e. The van der Waals surface area contributed by atoms with Crippen molar-refractivity contribution in [3.63, 3.8) is 0 Å². The molecule has 0 fully saturated rings. The van der Waals surface area contributed by atoms with Crippen LogP contribution in [0.15, 0.2) is 0 Å². The van der Waals surface area contributed by atoms with E-state index in [1.54, 1.807) is 0 Å². The molecule has 1 atom stereocenters. The summed E-state index contributed by atoms with van der Waals surface area (Å²) < 4.78 is 1.96. The van der Waals surface area contributed by atoms with Gasteiger partial charge in [0.15, 0.2) is 0 Å². The second kappa shape index (κ2) is 3.97. The van der Waals surface area contributed by atoms with Crippen LogP contribution in [0, 0.1) is 19.3 Å². The van der Waals surface area contributed by atoms with Crippen molar-refractivity contribution in [1.82, 2.24) is 15.1 Å². The molecule has 1 heterocycles. The van der Waals surface area contributed by atoms with Crippen molar-refractivity contribution in [2.75, 3.05) is 7.05 Å². The molecule has 1 unspecified atom stereocenters. The molecule has 0 aliphatic carbocycles. The highest BCUT2D eigenvalue weighted by Crippen LogP contribution is 2.35. The van der Waals surface area contributed by atoms with Gasteiger partial charge in [0.25, 0.3) is 0 Å². The number of nitrogens with one attached hydrogen (secondary N) is 1. The molecular weight excluding hydrogens is 186 g/mol. The molecule has 1 N–H and O–H groups in total. The van der Waals surface area contributed by atoms with Gasteiger partial charge < -0.3 is 5.32 Å². The van der Waals surface area contributed by atoms with E-state index in [0.717, 1.165) is 5.69 Å². The van der Waals surface area contributed by atoms with Gasteiger partial charge in [-0.2, -0.15) is 5.10 Å². The van der Waals surface area contributed by atoms with Gasteiger partial charge in [-0.05, 0) is 26.3 Å². The van der Waals surface area contributed by atoms with Gasteiger partial charge in [-0.3, -0.25) is 4.68 Å². The first-order chi connectivity index (χ1) is 6.79. The normalized spacial score (nSPS) is 14.3. The lowest BCUT2D eigenvalue weighted by Crippen LogP contribution is -2.30. The van der Waals surface area contributed by atoms with Crippen molar-refractivity contribution in [1.29, 1.82) is 0 Å². The fourth-order valence-electron chi connectivity index (χ4n) is 2.22. The fourth-order valence-corrected chi connectivity index (χ4v) is 2.22. The summed E-state index contributed by atoms with van der Waals surface area (Å²) in [5, 5.41) is 7.87. The van der Waals surface area contributed by atoms with Crippen LogP contribution in [-0.2, 0) is 7.05 Å². The molecule has 0 aromatic carbocycles. The van der Waals surface area contributed by atoms with Crippen molar-refractivity contribution in [2.45, 2.75) is 40.7 Å². The Morgan fingerprint density at radius 3 is 2.07 bits per heavy atom. The third-order valence-electron chi connectivity index (χ3n) is 3.01. The van der Waals surface area contributed by atoms with Crippen LogP contribution in [0.25, 0.3) is 0 Å². The molecule has 0 bridgehead atoms. The molecular formula is C12H23N3. The van der Waals surface area contributed by atoms with E-state index >= 15 is 0 Å². The number of hydrogen-bond donors (Lipinski definition) is 1. The van der Waals surface area contributed by atoms with E-state index in [2.05, 4.69) is 45.0 Å². The van der Waals surface area contributed by atoms with E-state index in [0.29, 0.717) is 6.04 Å². The summed E-state index contributed by atoms with van der Waals surface area (Å²) in [6.45, 7) is 11.0. The van der Waals surface area contributed by atoms with Crippen LogP contribution in [0.4, 0.5) is 0 Å². The molecule has 3 heteroatoms. The molecule has 3 nitrogen and oxygen atoms in total. The second-order valence-corrected chi connectivity index (χ2v) is 5.30. The van der Waals surface area contributed by atoms with Gasteiger partial charge in [0.1, 0.15) is 0 Å². The molecule has 1 rings (SSSR count). The zero-order valence-electron chi connectivity index (χ0n) is 11.0. The van der Waals surface area contributed by atoms with Crippen molar-refractivity contribution in [2.24, 2.45) is 12.5 Å². The van der Waals surface area contributed by atoms with Gasteiger partial charge in [0.2, 0.25) is 0 Å². The topological polar surface area (TPSA) is 29.9 Å². The lowest BCUT2D eigenvalue weighted by Gasteiger charge is -2.31. The third kappa shape index (κ3) is 2.23. The molecule has 1 aromatic rings. The van der Waals surface area contributed by atoms with Crippen LogP contribution in [-0.4, -0.2) is 16.8 Å². The highest BCUT2D eigenvalue weighted by Gasteiger charge is 2.29. The first-order valence-electron chi connectivity index (χ1n) is 5.46. The van der Waals surface area contributed by atoms with E-state index in [9.17, 15) is 0 Å². The second-order valence-electron chi connectivity index (χ2n) is 5.30. The van der Waals surface area contributed by atoms with Gasteiger partial charge in [-0.15, -0.1) is 0 Å². The Morgan fingerprint density at radius 1 is 1.27 bits per heavy atom. The van der Waals surface area contributed by atoms with Gasteiger partial charge in [0, 0.05) is 24.3 Å². The molecule has 0 saturated carbocycles. The van der Waals surface area contributed by atoms with Crippen LogP contribution in [0.2, 0.25) is 0 Å². The minimum atomic E-state index is 0.202. The SMILES string of the molecule is CNC(c1c(C)nn(C)c1C)C(C)(C)C. The molecule has 15 heavy (non-hydrogen) atoms. The van der Waals surface area contributed by atoms with Crippen LogP contribution in [0.1, 0.15) is 43.8 Å². The smallest absolute Gasteiger partial charge is 0.0644 e. The van der Waals surface area contributed by atoms with E-state index in [4.69, 9.17) is 0 Å². The molecule has 86 valence electrons. The van der Waals surface area contributed by atoms with E-state index in [1.807, 2.05) is 18.8 Å². The molecule has 0 aliphatic heterocycles. The maximum absolute atomic E-state index is 4.47. The van der Waals surface area contributed by atoms with Gasteiger partial charge in [-0.1, -0.05) is 20.8 Å². The molecule has 1 aromatic heterocycles. The van der Waals surface area contributed by atoms with Crippen LogP contribution in [0.3, 0.4) is 0 Å². The zero-order chi connectivity index (χ0) is 11.8. The zero-order valence-corrected chi connectivity index (χ0v) is 11.0. The maximum atomic E-state index is 4.47. The van der Waals surface area contributed by atoms with Gasteiger partial charge >= 0.3 is 0 Å². The highest BCUT2D eigenvalue weighted by molar-refractivity contribution is 5.29. The number of nitrogens with zero attached hydrogens (tertiary/aromatic N) is 2. The first kappa shape index (κ1) is 12.2. The molecule has 0 amide bonds. The first-order valence-corrected chi connectivity index (χ1v) is 5.46. The van der Waals surface area contributed by atoms with Crippen LogP contribution >= 0.6 is 0 Å². The standard InChI is InChI=1S/C12H23N3/c1-8-10(9(2)15(7)14-8)11(13-6)12(3,4)5/h11,13H,1-7H3. The average molecular weight is 209 g/mol. The van der Waals surface area contributed by atoms with Gasteiger partial charge in [-0.25, -0.2) is 0 Å². The number of aryl methyl sites for hydroxylation is 2. The van der Waals surface area contributed by atoms with Gasteiger partial charge in [0.05, 0.1) is 5.69 Å². The summed E-state index contributed by atoms with van der Waals surface area (Å²) in [6, 6.07) is 0.353. The van der Waals surface area contributed by atoms with Crippen molar-refractivity contribution in [3.05, 3.63) is 17.0 Å². The summed E-state index contributed by atoms with van der Waals surface area (Å²) in [5.74, 6) is 0. The lowest BCUT2D eigenvalue weighted by atomic mass is 9.81. The Bertz CT molecular complexity index is 344. The minimum absolute atomic E-state index is 0.202. The van der Waals surface area contributed by atoms with E-state index in [1.165, 1.54) is 11.3 Å². The quantitative estimate of drug-likeness (QED) is 0.810. The van der Waals surface area contributed by atoms with Crippen molar-refractivity contribution in [3.8, 4) is 0 Å². The number of hydrogen-bond acceptors (Lipinski definition) is 2. The van der Waals surface area contributed by atoms with E-state index in [-0.39, 0.29) is 5.41 Å². The monoisotopic (exact) mass is 209 g/mol. The molecule has 0 radical (unpaired) electrons. The Morgan fingerprint density at radius 2 is 1.80 bits per heavy atom. The fraction of sp³-hybridized carbons (Fsp3) is 0.750. The molecule has 0 saturated heterocycles. The van der Waals surface area contributed by atoms with Crippen molar-refractivity contribution >= 4 is 0 Å². The molecule has 0 spiro atoms. The van der Waals surface area contributed by atoms with E-state index < -0.39 is 0 Å². The third-order valence-corrected chi connectivity index (χ3v) is 3.01. The average Bonchev–Trinajstić information content (AvgIpc) is 2.30.